The van der Waals surface area contributed by atoms with Crippen LogP contribution in [0.2, 0.25) is 0 Å². The molecule has 1 saturated heterocycles. The molecule has 2 fully saturated rings. The van der Waals surface area contributed by atoms with E-state index < -0.39 is 0 Å². The lowest BCUT2D eigenvalue weighted by Gasteiger charge is -2.27. The monoisotopic (exact) mass is 269 g/mol. The Morgan fingerprint density at radius 1 is 1.26 bits per heavy atom. The number of hydrogen-bond donors (Lipinski definition) is 3. The maximum absolute atomic E-state index is 9.52. The minimum absolute atomic E-state index is 0.107. The van der Waals surface area contributed by atoms with Crippen molar-refractivity contribution in [2.45, 2.75) is 63.7 Å². The molecule has 0 aromatic heterocycles. The fraction of sp³-hybridized carbons (Fsp3) is 0.929. The Labute approximate surface area is 115 Å². The number of rotatable bonds is 4. The largest absolute Gasteiger partial charge is 0.393 e. The molecule has 1 aliphatic heterocycles. The van der Waals surface area contributed by atoms with Crippen molar-refractivity contribution in [1.82, 2.24) is 10.6 Å². The highest BCUT2D eigenvalue weighted by Gasteiger charge is 2.20. The number of aliphatic hydroxyl groups excluding tert-OH is 1. The molecular formula is C14H27N3O2. The zero-order valence-corrected chi connectivity index (χ0v) is 11.9. The van der Waals surface area contributed by atoms with Gasteiger partial charge in [0.15, 0.2) is 5.96 Å². The molecule has 1 atom stereocenters. The molecule has 0 aromatic carbocycles. The third-order valence-electron chi connectivity index (χ3n) is 3.86. The van der Waals surface area contributed by atoms with Crippen molar-refractivity contribution in [2.75, 3.05) is 19.7 Å². The van der Waals surface area contributed by atoms with Crippen LogP contribution in [0.15, 0.2) is 4.99 Å². The van der Waals surface area contributed by atoms with Gasteiger partial charge in [-0.3, -0.25) is 4.99 Å². The maximum atomic E-state index is 9.52. The standard InChI is InChI=1S/C14H27N3O2/c1-2-15-14(16-10-13-4-3-9-19-13)17-11-5-7-12(18)8-6-11/h11-13,18H,2-10H2,1H3,(H2,15,16,17). The molecule has 1 heterocycles. The second-order valence-electron chi connectivity index (χ2n) is 5.50. The quantitative estimate of drug-likeness (QED) is 0.527. The van der Waals surface area contributed by atoms with Crippen LogP contribution in [-0.2, 0) is 4.74 Å². The summed E-state index contributed by atoms with van der Waals surface area (Å²) in [5, 5.41) is 16.3. The molecule has 0 spiro atoms. The number of hydrogen-bond acceptors (Lipinski definition) is 3. The summed E-state index contributed by atoms with van der Waals surface area (Å²) in [5.41, 5.74) is 0. The third-order valence-corrected chi connectivity index (χ3v) is 3.86. The SMILES string of the molecule is CCNC(=NCC1CCCO1)NC1CCC(O)CC1. The van der Waals surface area contributed by atoms with Crippen LogP contribution in [0.25, 0.3) is 0 Å². The van der Waals surface area contributed by atoms with Crippen molar-refractivity contribution in [2.24, 2.45) is 4.99 Å². The normalized spacial score (nSPS) is 32.3. The van der Waals surface area contributed by atoms with Crippen LogP contribution in [-0.4, -0.2) is 49.0 Å². The zero-order chi connectivity index (χ0) is 13.5. The van der Waals surface area contributed by atoms with E-state index in [1.54, 1.807) is 0 Å². The predicted octanol–water partition coefficient (Wildman–Crippen LogP) is 1.02. The summed E-state index contributed by atoms with van der Waals surface area (Å²) in [6, 6.07) is 0.436. The molecule has 1 aliphatic carbocycles. The van der Waals surface area contributed by atoms with Gasteiger partial charge in [0.1, 0.15) is 0 Å². The van der Waals surface area contributed by atoms with E-state index in [0.717, 1.165) is 64.2 Å². The first-order chi connectivity index (χ1) is 9.28. The van der Waals surface area contributed by atoms with Crippen LogP contribution in [0.4, 0.5) is 0 Å². The predicted molar refractivity (Wildman–Crippen MR) is 76.4 cm³/mol. The Balaban J connectivity index is 1.78. The summed E-state index contributed by atoms with van der Waals surface area (Å²) >= 11 is 0. The smallest absolute Gasteiger partial charge is 0.191 e. The number of nitrogens with one attached hydrogen (secondary N) is 2. The highest BCUT2D eigenvalue weighted by Crippen LogP contribution is 2.18. The minimum Gasteiger partial charge on any atom is -0.393 e. The third kappa shape index (κ3) is 4.99. The van der Waals surface area contributed by atoms with E-state index in [0.29, 0.717) is 12.1 Å². The molecule has 3 N–H and O–H groups in total. The second-order valence-corrected chi connectivity index (χ2v) is 5.50. The Morgan fingerprint density at radius 2 is 2.05 bits per heavy atom. The molecule has 2 rings (SSSR count). The summed E-state index contributed by atoms with van der Waals surface area (Å²) in [4.78, 5) is 4.62. The molecule has 1 saturated carbocycles. The van der Waals surface area contributed by atoms with Crippen LogP contribution in [0.1, 0.15) is 45.4 Å². The first kappa shape index (κ1) is 14.6. The summed E-state index contributed by atoms with van der Waals surface area (Å²) in [7, 11) is 0. The summed E-state index contributed by atoms with van der Waals surface area (Å²) in [6.45, 7) is 4.57. The van der Waals surface area contributed by atoms with Crippen molar-refractivity contribution in [3.63, 3.8) is 0 Å². The highest BCUT2D eigenvalue weighted by atomic mass is 16.5. The van der Waals surface area contributed by atoms with Crippen molar-refractivity contribution in [1.29, 1.82) is 0 Å². The fourth-order valence-corrected chi connectivity index (χ4v) is 2.71. The van der Waals surface area contributed by atoms with Gasteiger partial charge in [-0.05, 0) is 45.4 Å². The highest BCUT2D eigenvalue weighted by molar-refractivity contribution is 5.80. The summed E-state index contributed by atoms with van der Waals surface area (Å²) in [6.07, 6.45) is 6.29. The van der Waals surface area contributed by atoms with E-state index in [4.69, 9.17) is 4.74 Å². The van der Waals surface area contributed by atoms with Crippen LogP contribution in [0.3, 0.4) is 0 Å². The van der Waals surface area contributed by atoms with Gasteiger partial charge in [0.2, 0.25) is 0 Å². The molecule has 5 nitrogen and oxygen atoms in total. The number of ether oxygens (including phenoxy) is 1. The van der Waals surface area contributed by atoms with Gasteiger partial charge in [-0.2, -0.15) is 0 Å². The Bertz CT molecular complexity index is 282. The second kappa shape index (κ2) is 7.70. The molecule has 1 unspecified atom stereocenters. The van der Waals surface area contributed by atoms with Gasteiger partial charge in [0, 0.05) is 19.2 Å². The van der Waals surface area contributed by atoms with E-state index in [2.05, 4.69) is 22.5 Å². The average Bonchev–Trinajstić information content (AvgIpc) is 2.92. The number of guanidine groups is 1. The number of aliphatic hydroxyl groups is 1. The number of aliphatic imine (C=N–C) groups is 1. The van der Waals surface area contributed by atoms with Gasteiger partial charge in [0.05, 0.1) is 18.8 Å². The summed E-state index contributed by atoms with van der Waals surface area (Å²) in [5.74, 6) is 0.888. The van der Waals surface area contributed by atoms with E-state index in [1.807, 2.05) is 0 Å². The fourth-order valence-electron chi connectivity index (χ4n) is 2.71. The van der Waals surface area contributed by atoms with Crippen molar-refractivity contribution in [3.8, 4) is 0 Å². The number of nitrogens with zero attached hydrogens (tertiary/aromatic N) is 1. The summed E-state index contributed by atoms with van der Waals surface area (Å²) < 4.78 is 5.59. The minimum atomic E-state index is -0.107. The molecule has 19 heavy (non-hydrogen) atoms. The van der Waals surface area contributed by atoms with Gasteiger partial charge in [0.25, 0.3) is 0 Å². The van der Waals surface area contributed by atoms with E-state index in [9.17, 15) is 5.11 Å². The maximum Gasteiger partial charge on any atom is 0.191 e. The van der Waals surface area contributed by atoms with Gasteiger partial charge >= 0.3 is 0 Å². The zero-order valence-electron chi connectivity index (χ0n) is 11.9. The van der Waals surface area contributed by atoms with Gasteiger partial charge in [-0.1, -0.05) is 0 Å². The van der Waals surface area contributed by atoms with Gasteiger partial charge < -0.3 is 20.5 Å². The van der Waals surface area contributed by atoms with Crippen LogP contribution < -0.4 is 10.6 Å². The molecule has 0 radical (unpaired) electrons. The average molecular weight is 269 g/mol. The Hall–Kier alpha value is -0.810. The topological polar surface area (TPSA) is 65.9 Å². The molecule has 5 heteroatoms. The molecule has 0 bridgehead atoms. The van der Waals surface area contributed by atoms with Crippen molar-refractivity contribution < 1.29 is 9.84 Å². The van der Waals surface area contributed by atoms with E-state index >= 15 is 0 Å². The Morgan fingerprint density at radius 3 is 2.68 bits per heavy atom. The first-order valence-electron chi connectivity index (χ1n) is 7.62. The lowest BCUT2D eigenvalue weighted by molar-refractivity contribution is 0.117. The molecular weight excluding hydrogens is 242 g/mol. The first-order valence-corrected chi connectivity index (χ1v) is 7.62. The van der Waals surface area contributed by atoms with E-state index in [1.165, 1.54) is 0 Å². The van der Waals surface area contributed by atoms with Crippen LogP contribution in [0.5, 0.6) is 0 Å². The molecule has 110 valence electrons. The van der Waals surface area contributed by atoms with Crippen LogP contribution in [0, 0.1) is 0 Å². The van der Waals surface area contributed by atoms with Gasteiger partial charge in [-0.25, -0.2) is 0 Å². The van der Waals surface area contributed by atoms with Gasteiger partial charge in [-0.15, -0.1) is 0 Å². The van der Waals surface area contributed by atoms with Crippen molar-refractivity contribution >= 4 is 5.96 Å². The van der Waals surface area contributed by atoms with E-state index in [-0.39, 0.29) is 6.10 Å². The molecule has 2 aliphatic rings. The van der Waals surface area contributed by atoms with Crippen molar-refractivity contribution in [3.05, 3.63) is 0 Å². The lowest BCUT2D eigenvalue weighted by atomic mass is 9.93. The van der Waals surface area contributed by atoms with Crippen LogP contribution >= 0.6 is 0 Å². The molecule has 0 aromatic rings. The molecule has 0 amide bonds. The lowest BCUT2D eigenvalue weighted by Crippen LogP contribution is -2.45. The Kier molecular flexibility index (Phi) is 5.92.